The van der Waals surface area contributed by atoms with Gasteiger partial charge in [0.05, 0.1) is 16.3 Å². The molecule has 0 bridgehead atoms. The SMILES string of the molecule is O=C(Nc1ccc(C(F)(F)F)cc1)C1CCN(c2ccc(Cl)cc2Cl)C1=O. The molecular weight excluding hydrogens is 404 g/mol. The lowest BCUT2D eigenvalue weighted by Gasteiger charge is -2.18. The highest BCUT2D eigenvalue weighted by Gasteiger charge is 2.38. The maximum absolute atomic E-state index is 12.6. The van der Waals surface area contributed by atoms with Crippen molar-refractivity contribution in [2.45, 2.75) is 12.6 Å². The largest absolute Gasteiger partial charge is 0.416 e. The number of rotatable bonds is 3. The molecule has 1 heterocycles. The monoisotopic (exact) mass is 416 g/mol. The van der Waals surface area contributed by atoms with Gasteiger partial charge in [0.25, 0.3) is 0 Å². The van der Waals surface area contributed by atoms with Crippen molar-refractivity contribution in [3.05, 3.63) is 58.1 Å². The Labute approximate surface area is 162 Å². The van der Waals surface area contributed by atoms with Crippen LogP contribution in [0.25, 0.3) is 0 Å². The van der Waals surface area contributed by atoms with Crippen molar-refractivity contribution in [3.63, 3.8) is 0 Å². The van der Waals surface area contributed by atoms with Gasteiger partial charge in [-0.1, -0.05) is 23.2 Å². The number of hydrogen-bond acceptors (Lipinski definition) is 2. The lowest BCUT2D eigenvalue weighted by molar-refractivity contribution is -0.137. The molecule has 4 nitrogen and oxygen atoms in total. The Morgan fingerprint density at radius 2 is 1.78 bits per heavy atom. The normalized spacial score (nSPS) is 17.3. The van der Waals surface area contributed by atoms with Crippen molar-refractivity contribution in [3.8, 4) is 0 Å². The molecule has 1 atom stereocenters. The number of hydrogen-bond donors (Lipinski definition) is 1. The first-order chi connectivity index (χ1) is 12.7. The number of carbonyl (C=O) groups excluding carboxylic acids is 2. The molecule has 9 heteroatoms. The van der Waals surface area contributed by atoms with E-state index in [0.29, 0.717) is 22.3 Å². The van der Waals surface area contributed by atoms with Crippen LogP contribution in [-0.4, -0.2) is 18.4 Å². The molecule has 0 spiro atoms. The van der Waals surface area contributed by atoms with Crippen LogP contribution in [0.4, 0.5) is 24.5 Å². The number of alkyl halides is 3. The summed E-state index contributed by atoms with van der Waals surface area (Å²) in [4.78, 5) is 26.4. The molecule has 27 heavy (non-hydrogen) atoms. The van der Waals surface area contributed by atoms with Crippen molar-refractivity contribution in [1.29, 1.82) is 0 Å². The molecule has 0 saturated carbocycles. The van der Waals surface area contributed by atoms with Crippen molar-refractivity contribution < 1.29 is 22.8 Å². The first-order valence-corrected chi connectivity index (χ1v) is 8.67. The van der Waals surface area contributed by atoms with Gasteiger partial charge in [0.2, 0.25) is 11.8 Å². The molecule has 2 aromatic rings. The van der Waals surface area contributed by atoms with Gasteiger partial charge in [0.1, 0.15) is 5.92 Å². The van der Waals surface area contributed by atoms with Crippen molar-refractivity contribution in [2.75, 3.05) is 16.8 Å². The number of nitrogens with one attached hydrogen (secondary N) is 1. The standard InChI is InChI=1S/C18H13Cl2F3N2O2/c19-11-3-6-15(14(20)9-11)25-8-7-13(17(25)27)16(26)24-12-4-1-10(2-5-12)18(21,22)23/h1-6,9,13H,7-8H2,(H,24,26). The molecule has 1 fully saturated rings. The molecule has 1 aliphatic rings. The summed E-state index contributed by atoms with van der Waals surface area (Å²) in [6.45, 7) is 0.297. The van der Waals surface area contributed by atoms with Gasteiger partial charge >= 0.3 is 6.18 Å². The van der Waals surface area contributed by atoms with Crippen LogP contribution >= 0.6 is 23.2 Å². The maximum atomic E-state index is 12.6. The van der Waals surface area contributed by atoms with Crippen LogP contribution in [0.2, 0.25) is 10.0 Å². The highest BCUT2D eigenvalue weighted by atomic mass is 35.5. The molecule has 1 N–H and O–H groups in total. The van der Waals surface area contributed by atoms with Crippen LogP contribution in [0.15, 0.2) is 42.5 Å². The number of halogens is 5. The number of amides is 2. The van der Waals surface area contributed by atoms with Gasteiger partial charge in [-0.15, -0.1) is 0 Å². The summed E-state index contributed by atoms with van der Waals surface area (Å²) in [5.74, 6) is -1.95. The maximum Gasteiger partial charge on any atom is 0.416 e. The van der Waals surface area contributed by atoms with E-state index in [4.69, 9.17) is 23.2 Å². The summed E-state index contributed by atoms with van der Waals surface area (Å²) < 4.78 is 37.8. The van der Waals surface area contributed by atoms with Crippen LogP contribution in [0.3, 0.4) is 0 Å². The highest BCUT2D eigenvalue weighted by molar-refractivity contribution is 6.37. The Kier molecular flexibility index (Phi) is 5.35. The van der Waals surface area contributed by atoms with Gasteiger partial charge in [-0.2, -0.15) is 13.2 Å². The van der Waals surface area contributed by atoms with E-state index in [-0.39, 0.29) is 12.1 Å². The van der Waals surface area contributed by atoms with E-state index >= 15 is 0 Å². The van der Waals surface area contributed by atoms with E-state index in [0.717, 1.165) is 24.3 Å². The Bertz CT molecular complexity index is 885. The molecule has 1 unspecified atom stereocenters. The Morgan fingerprint density at radius 3 is 2.37 bits per heavy atom. The number of benzene rings is 2. The van der Waals surface area contributed by atoms with Crippen molar-refractivity contribution in [1.82, 2.24) is 0 Å². The summed E-state index contributed by atoms with van der Waals surface area (Å²) >= 11 is 12.0. The fraction of sp³-hybridized carbons (Fsp3) is 0.222. The van der Waals surface area contributed by atoms with Crippen molar-refractivity contribution in [2.24, 2.45) is 5.92 Å². The number of nitrogens with zero attached hydrogens (tertiary/aromatic N) is 1. The second-order valence-electron chi connectivity index (χ2n) is 5.99. The summed E-state index contributed by atoms with van der Waals surface area (Å²) in [5.41, 5.74) is -0.180. The lowest BCUT2D eigenvalue weighted by atomic mass is 10.1. The van der Waals surface area contributed by atoms with Gasteiger partial charge in [-0.3, -0.25) is 9.59 Å². The highest BCUT2D eigenvalue weighted by Crippen LogP contribution is 2.34. The van der Waals surface area contributed by atoms with Crippen LogP contribution in [-0.2, 0) is 15.8 Å². The molecule has 0 aliphatic carbocycles. The fourth-order valence-corrected chi connectivity index (χ4v) is 3.34. The minimum absolute atomic E-state index is 0.184. The molecule has 3 rings (SSSR count). The molecule has 2 aromatic carbocycles. The van der Waals surface area contributed by atoms with Crippen LogP contribution in [0, 0.1) is 5.92 Å². The summed E-state index contributed by atoms with van der Waals surface area (Å²) in [5, 5.41) is 3.20. The quantitative estimate of drug-likeness (QED) is 0.715. The molecule has 1 saturated heterocycles. The average Bonchev–Trinajstić information content (AvgIpc) is 2.96. The third kappa shape index (κ3) is 4.20. The van der Waals surface area contributed by atoms with E-state index < -0.39 is 29.5 Å². The van der Waals surface area contributed by atoms with Crippen LogP contribution < -0.4 is 10.2 Å². The second-order valence-corrected chi connectivity index (χ2v) is 6.83. The molecule has 0 radical (unpaired) electrons. The van der Waals surface area contributed by atoms with E-state index in [1.807, 2.05) is 0 Å². The van der Waals surface area contributed by atoms with E-state index in [9.17, 15) is 22.8 Å². The third-order valence-electron chi connectivity index (χ3n) is 4.20. The smallest absolute Gasteiger partial charge is 0.325 e. The molecule has 142 valence electrons. The molecule has 1 aliphatic heterocycles. The average molecular weight is 417 g/mol. The van der Waals surface area contributed by atoms with E-state index in [1.54, 1.807) is 12.1 Å². The number of carbonyl (C=O) groups is 2. The minimum atomic E-state index is -4.46. The lowest BCUT2D eigenvalue weighted by Crippen LogP contribution is -2.33. The fourth-order valence-electron chi connectivity index (χ4n) is 2.83. The Morgan fingerprint density at radius 1 is 1.11 bits per heavy atom. The predicted octanol–water partition coefficient (Wildman–Crippen LogP) is 5.00. The van der Waals surface area contributed by atoms with Gasteiger partial charge in [-0.05, 0) is 48.9 Å². The summed E-state index contributed by atoms with van der Waals surface area (Å²) in [6, 6.07) is 8.71. The zero-order valence-corrected chi connectivity index (χ0v) is 15.2. The van der Waals surface area contributed by atoms with Gasteiger partial charge in [0, 0.05) is 17.3 Å². The number of anilines is 2. The molecule has 2 amide bonds. The van der Waals surface area contributed by atoms with Gasteiger partial charge in [0.15, 0.2) is 0 Å². The summed E-state index contributed by atoms with van der Waals surface area (Å²) in [7, 11) is 0. The third-order valence-corrected chi connectivity index (χ3v) is 4.74. The van der Waals surface area contributed by atoms with Gasteiger partial charge < -0.3 is 10.2 Å². The first-order valence-electron chi connectivity index (χ1n) is 7.91. The summed E-state index contributed by atoms with van der Waals surface area (Å²) in [6.07, 6.45) is -4.19. The van der Waals surface area contributed by atoms with Crippen molar-refractivity contribution >= 4 is 46.4 Å². The van der Waals surface area contributed by atoms with E-state index in [2.05, 4.69) is 5.32 Å². The topological polar surface area (TPSA) is 49.4 Å². The Hall–Kier alpha value is -2.25. The molecule has 0 aromatic heterocycles. The predicted molar refractivity (Wildman–Crippen MR) is 97.0 cm³/mol. The second kappa shape index (κ2) is 7.40. The molecular formula is C18H13Cl2F3N2O2. The van der Waals surface area contributed by atoms with Crippen LogP contribution in [0.1, 0.15) is 12.0 Å². The first kappa shape index (κ1) is 19.5. The zero-order valence-electron chi connectivity index (χ0n) is 13.7. The zero-order chi connectivity index (χ0) is 19.8. The Balaban J connectivity index is 1.70. The van der Waals surface area contributed by atoms with E-state index in [1.165, 1.54) is 11.0 Å². The van der Waals surface area contributed by atoms with Crippen LogP contribution in [0.5, 0.6) is 0 Å². The minimum Gasteiger partial charge on any atom is -0.325 e. The van der Waals surface area contributed by atoms with Gasteiger partial charge in [-0.25, -0.2) is 0 Å².